The number of rotatable bonds is 3. The second-order valence-electron chi connectivity index (χ2n) is 11.2. The lowest BCUT2D eigenvalue weighted by Crippen LogP contribution is -2.14. The summed E-state index contributed by atoms with van der Waals surface area (Å²) in [5.41, 5.74) is 9.17. The molecule has 0 aliphatic heterocycles. The topological polar surface area (TPSA) is 30.7 Å². The third-order valence-electron chi connectivity index (χ3n) is 7.56. The van der Waals surface area contributed by atoms with E-state index < -0.39 is 0 Å². The quantitative estimate of drug-likeness (QED) is 0.231. The van der Waals surface area contributed by atoms with Crippen molar-refractivity contribution in [3.05, 3.63) is 115 Å². The van der Waals surface area contributed by atoms with E-state index in [-0.39, 0.29) is 5.41 Å². The summed E-state index contributed by atoms with van der Waals surface area (Å²) in [5.74, 6) is 0.953. The first-order valence-corrected chi connectivity index (χ1v) is 14.2. The van der Waals surface area contributed by atoms with Gasteiger partial charge >= 0.3 is 0 Å². The molecule has 3 heterocycles. The Morgan fingerprint density at radius 3 is 2.26 bits per heavy atom. The lowest BCUT2D eigenvalue weighted by Gasteiger charge is -2.21. The second kappa shape index (κ2) is 8.89. The van der Waals surface area contributed by atoms with Gasteiger partial charge in [0.05, 0.1) is 11.7 Å². The Hall–Kier alpha value is -4.28. The summed E-state index contributed by atoms with van der Waals surface area (Å²) in [6.07, 6.45) is 3.90. The Morgan fingerprint density at radius 1 is 0.769 bits per heavy atom. The minimum absolute atomic E-state index is 0.0790. The Morgan fingerprint density at radius 2 is 1.51 bits per heavy atom. The molecule has 3 nitrogen and oxygen atoms in total. The first-order chi connectivity index (χ1) is 18.9. The highest BCUT2D eigenvalue weighted by atomic mass is 32.1. The van der Waals surface area contributed by atoms with Crippen LogP contribution in [0.5, 0.6) is 0 Å². The lowest BCUT2D eigenvalue weighted by molar-refractivity contribution is 0.591. The van der Waals surface area contributed by atoms with Crippen molar-refractivity contribution in [3.63, 3.8) is 0 Å². The molecule has 0 radical (unpaired) electrons. The monoisotopic (exact) mass is 523 g/mol. The van der Waals surface area contributed by atoms with E-state index in [4.69, 9.17) is 4.98 Å². The van der Waals surface area contributed by atoms with Crippen LogP contribution in [0.1, 0.15) is 31.9 Å². The zero-order valence-corrected chi connectivity index (χ0v) is 23.4. The van der Waals surface area contributed by atoms with Gasteiger partial charge in [0.15, 0.2) is 0 Å². The van der Waals surface area contributed by atoms with Crippen molar-refractivity contribution in [2.45, 2.75) is 33.1 Å². The van der Waals surface area contributed by atoms with Crippen LogP contribution in [0.15, 0.2) is 103 Å². The second-order valence-corrected chi connectivity index (χ2v) is 12.3. The van der Waals surface area contributed by atoms with Crippen molar-refractivity contribution in [1.29, 1.82) is 0 Å². The highest BCUT2D eigenvalue weighted by molar-refractivity contribution is 7.26. The van der Waals surface area contributed by atoms with E-state index in [9.17, 15) is 0 Å². The molecule has 39 heavy (non-hydrogen) atoms. The van der Waals surface area contributed by atoms with Crippen LogP contribution in [0.25, 0.3) is 59.4 Å². The zero-order chi connectivity index (χ0) is 26.7. The molecule has 0 amide bonds. The normalized spacial score (nSPS) is 12.1. The highest BCUT2D eigenvalue weighted by Gasteiger charge is 2.25. The minimum atomic E-state index is -0.0790. The number of thiophene rings is 1. The molecule has 0 bridgehead atoms. The number of nitrogens with zero attached hydrogens (tertiary/aromatic N) is 3. The average Bonchev–Trinajstić information content (AvgIpc) is 3.52. The van der Waals surface area contributed by atoms with Crippen LogP contribution >= 0.6 is 11.3 Å². The predicted molar refractivity (Wildman–Crippen MR) is 166 cm³/mol. The van der Waals surface area contributed by atoms with Crippen LogP contribution < -0.4 is 0 Å². The average molecular weight is 524 g/mol. The Labute approximate surface area is 232 Å². The van der Waals surface area contributed by atoms with E-state index in [1.165, 1.54) is 42.4 Å². The molecule has 0 unspecified atom stereocenters. The molecule has 0 aliphatic carbocycles. The fraction of sp³-hybridized carbons (Fsp3) is 0.143. The number of benzene rings is 4. The summed E-state index contributed by atoms with van der Waals surface area (Å²) < 4.78 is 4.90. The van der Waals surface area contributed by atoms with Crippen molar-refractivity contribution >= 4 is 42.5 Å². The summed E-state index contributed by atoms with van der Waals surface area (Å²) in [7, 11) is 0. The molecule has 3 aromatic heterocycles. The third kappa shape index (κ3) is 3.86. The molecule has 4 heteroatoms. The predicted octanol–water partition coefficient (Wildman–Crippen LogP) is 9.73. The van der Waals surface area contributed by atoms with Crippen molar-refractivity contribution in [2.24, 2.45) is 0 Å². The van der Waals surface area contributed by atoms with Gasteiger partial charge < -0.3 is 0 Å². The molecule has 0 atom stereocenters. The van der Waals surface area contributed by atoms with Gasteiger partial charge in [-0.25, -0.2) is 4.98 Å². The number of imidazole rings is 1. The molecule has 0 saturated carbocycles. The van der Waals surface area contributed by atoms with Gasteiger partial charge in [-0.2, -0.15) is 0 Å². The van der Waals surface area contributed by atoms with Gasteiger partial charge in [-0.3, -0.25) is 9.55 Å². The summed E-state index contributed by atoms with van der Waals surface area (Å²) in [6, 6.07) is 32.6. The van der Waals surface area contributed by atoms with Crippen molar-refractivity contribution in [2.75, 3.05) is 0 Å². The molecule has 4 aromatic carbocycles. The van der Waals surface area contributed by atoms with Gasteiger partial charge in [0.1, 0.15) is 11.3 Å². The lowest BCUT2D eigenvalue weighted by atomic mass is 9.87. The smallest absolute Gasteiger partial charge is 0.147 e. The standard InChI is InChI=1S/C35H29N3S/c1-22-15-17-27(33-31(22)26-18-16-24(19-30(26)39-33)23-11-7-5-8-12-23)34-37-29-21-36-20-28(35(2,3)4)32(29)38(34)25-13-9-6-10-14-25/h5-21H,1-4H3. The van der Waals surface area contributed by atoms with E-state index in [1.807, 2.05) is 23.7 Å². The molecule has 0 spiro atoms. The van der Waals surface area contributed by atoms with Gasteiger partial charge in [-0.15, -0.1) is 11.3 Å². The number of aromatic nitrogens is 3. The maximum atomic E-state index is 5.26. The number of hydrogen-bond acceptors (Lipinski definition) is 3. The van der Waals surface area contributed by atoms with Gasteiger partial charge in [-0.1, -0.05) is 87.5 Å². The maximum absolute atomic E-state index is 5.26. The Kier molecular flexibility index (Phi) is 5.43. The summed E-state index contributed by atoms with van der Waals surface area (Å²) in [4.78, 5) is 9.85. The zero-order valence-electron chi connectivity index (χ0n) is 22.6. The Balaban J connectivity index is 1.55. The van der Waals surface area contributed by atoms with Crippen LogP contribution in [0.2, 0.25) is 0 Å². The van der Waals surface area contributed by atoms with E-state index in [1.54, 1.807) is 0 Å². The van der Waals surface area contributed by atoms with Gasteiger partial charge in [0, 0.05) is 43.2 Å². The SMILES string of the molecule is Cc1ccc(-c2nc3cncc(C(C)(C)C)c3n2-c2ccccc2)c2sc3cc(-c4ccccc4)ccc3c12. The maximum Gasteiger partial charge on any atom is 0.147 e. The minimum Gasteiger partial charge on any atom is -0.292 e. The Bertz CT molecular complexity index is 1990. The van der Waals surface area contributed by atoms with E-state index in [0.717, 1.165) is 28.1 Å². The van der Waals surface area contributed by atoms with Crippen molar-refractivity contribution in [3.8, 4) is 28.2 Å². The fourth-order valence-electron chi connectivity index (χ4n) is 5.62. The molecule has 7 aromatic rings. The summed E-state index contributed by atoms with van der Waals surface area (Å²) in [5, 5.41) is 2.61. The molecule has 0 fully saturated rings. The van der Waals surface area contributed by atoms with Gasteiger partial charge in [-0.05, 0) is 53.3 Å². The molecule has 0 N–H and O–H groups in total. The van der Waals surface area contributed by atoms with Crippen molar-refractivity contribution in [1.82, 2.24) is 14.5 Å². The van der Waals surface area contributed by atoms with Gasteiger partial charge in [0.2, 0.25) is 0 Å². The van der Waals surface area contributed by atoms with Crippen molar-refractivity contribution < 1.29 is 0 Å². The van der Waals surface area contributed by atoms with Crippen LogP contribution in [0.3, 0.4) is 0 Å². The van der Waals surface area contributed by atoms with Crippen LogP contribution in [-0.2, 0) is 5.41 Å². The third-order valence-corrected chi connectivity index (χ3v) is 8.75. The molecule has 7 rings (SSSR count). The molecule has 0 aliphatic rings. The number of fused-ring (bicyclic) bond motifs is 4. The van der Waals surface area contributed by atoms with Crippen LogP contribution in [0.4, 0.5) is 0 Å². The van der Waals surface area contributed by atoms with E-state index in [0.29, 0.717) is 0 Å². The summed E-state index contributed by atoms with van der Waals surface area (Å²) >= 11 is 1.86. The molecular formula is C35H29N3S. The number of aryl methyl sites for hydroxylation is 1. The number of hydrogen-bond donors (Lipinski definition) is 0. The molecular weight excluding hydrogens is 494 g/mol. The van der Waals surface area contributed by atoms with Crippen LogP contribution in [-0.4, -0.2) is 14.5 Å². The molecule has 190 valence electrons. The number of pyridine rings is 1. The number of para-hydroxylation sites is 1. The first-order valence-electron chi connectivity index (χ1n) is 13.3. The highest BCUT2D eigenvalue weighted by Crippen LogP contribution is 2.44. The van der Waals surface area contributed by atoms with Crippen LogP contribution in [0, 0.1) is 6.92 Å². The molecule has 0 saturated heterocycles. The first kappa shape index (κ1) is 23.8. The van der Waals surface area contributed by atoms with Gasteiger partial charge in [0.25, 0.3) is 0 Å². The van der Waals surface area contributed by atoms with E-state index in [2.05, 4.69) is 128 Å². The summed E-state index contributed by atoms with van der Waals surface area (Å²) in [6.45, 7) is 8.94. The fourth-order valence-corrected chi connectivity index (χ4v) is 6.95. The largest absolute Gasteiger partial charge is 0.292 e. The van der Waals surface area contributed by atoms with E-state index >= 15 is 0 Å².